The molecule has 0 radical (unpaired) electrons. The van der Waals surface area contributed by atoms with Crippen LogP contribution in [0.4, 0.5) is 5.69 Å². The van der Waals surface area contributed by atoms with Gasteiger partial charge in [0.2, 0.25) is 0 Å². The van der Waals surface area contributed by atoms with Gasteiger partial charge in [-0.15, -0.1) is 0 Å². The number of benzene rings is 1. The number of ether oxygens (including phenoxy) is 1. The molecule has 2 rings (SSSR count). The number of aliphatic hydroxyl groups is 1. The van der Waals surface area contributed by atoms with E-state index in [1.807, 2.05) is 0 Å². The lowest BCUT2D eigenvalue weighted by atomic mass is 9.95. The molecule has 2 atom stereocenters. The lowest BCUT2D eigenvalue weighted by Crippen LogP contribution is -2.43. The topological polar surface area (TPSA) is 44.7 Å². The van der Waals surface area contributed by atoms with Crippen molar-refractivity contribution in [3.05, 3.63) is 29.3 Å². The van der Waals surface area contributed by atoms with Crippen molar-refractivity contribution in [3.8, 4) is 0 Å². The number of nitrogens with zero attached hydrogens (tertiary/aromatic N) is 1. The number of nitrogens with one attached hydrogen (secondary N) is 1. The lowest BCUT2D eigenvalue weighted by Gasteiger charge is -2.36. The molecule has 1 heterocycles. The molecule has 21 heavy (non-hydrogen) atoms. The second-order valence-electron chi connectivity index (χ2n) is 6.07. The first-order valence-corrected chi connectivity index (χ1v) is 7.84. The number of hydrogen-bond acceptors (Lipinski definition) is 4. The summed E-state index contributed by atoms with van der Waals surface area (Å²) < 4.78 is 5.03. The van der Waals surface area contributed by atoms with Crippen LogP contribution >= 0.6 is 0 Å². The smallest absolute Gasteiger partial charge is 0.0741 e. The molecule has 0 aliphatic carbocycles. The standard InChI is InChI=1S/C17H28N2O2/c1-13-6-8-19(12-17(13)20)16-5-4-15(10-14(16)2)11-18-7-9-21-3/h4-5,10,13,17-18,20H,6-9,11-12H2,1-3H3. The molecule has 2 N–H and O–H groups in total. The van der Waals surface area contributed by atoms with E-state index in [1.54, 1.807) is 7.11 Å². The van der Waals surface area contributed by atoms with Gasteiger partial charge in [0.25, 0.3) is 0 Å². The predicted octanol–water partition coefficient (Wildman–Crippen LogP) is 1.94. The second-order valence-corrected chi connectivity index (χ2v) is 6.07. The molecule has 118 valence electrons. The molecule has 4 nitrogen and oxygen atoms in total. The molecular weight excluding hydrogens is 264 g/mol. The number of methoxy groups -OCH3 is 1. The maximum atomic E-state index is 10.1. The first-order chi connectivity index (χ1) is 10.1. The Morgan fingerprint density at radius 3 is 2.90 bits per heavy atom. The van der Waals surface area contributed by atoms with E-state index in [0.29, 0.717) is 5.92 Å². The van der Waals surface area contributed by atoms with Crippen LogP contribution in [-0.4, -0.2) is 44.6 Å². The van der Waals surface area contributed by atoms with Crippen LogP contribution in [-0.2, 0) is 11.3 Å². The van der Waals surface area contributed by atoms with Crippen molar-refractivity contribution in [2.24, 2.45) is 5.92 Å². The van der Waals surface area contributed by atoms with E-state index in [2.05, 4.69) is 42.3 Å². The zero-order chi connectivity index (χ0) is 15.2. The number of aryl methyl sites for hydroxylation is 1. The fourth-order valence-electron chi connectivity index (χ4n) is 2.86. The molecule has 1 aliphatic heterocycles. The summed E-state index contributed by atoms with van der Waals surface area (Å²) in [4.78, 5) is 2.31. The minimum Gasteiger partial charge on any atom is -0.391 e. The first-order valence-electron chi connectivity index (χ1n) is 7.84. The summed E-state index contributed by atoms with van der Waals surface area (Å²) in [6.07, 6.45) is 0.842. The summed E-state index contributed by atoms with van der Waals surface area (Å²) >= 11 is 0. The Balaban J connectivity index is 1.95. The Morgan fingerprint density at radius 1 is 1.43 bits per heavy atom. The maximum Gasteiger partial charge on any atom is 0.0741 e. The molecule has 1 aromatic carbocycles. The highest BCUT2D eigenvalue weighted by molar-refractivity contribution is 5.55. The number of piperidine rings is 1. The van der Waals surface area contributed by atoms with Gasteiger partial charge in [-0.3, -0.25) is 0 Å². The van der Waals surface area contributed by atoms with E-state index >= 15 is 0 Å². The first kappa shape index (κ1) is 16.3. The fourth-order valence-corrected chi connectivity index (χ4v) is 2.86. The van der Waals surface area contributed by atoms with Crippen LogP contribution in [0, 0.1) is 12.8 Å². The molecule has 1 saturated heterocycles. The van der Waals surface area contributed by atoms with Gasteiger partial charge in [-0.05, 0) is 36.5 Å². The van der Waals surface area contributed by atoms with Crippen molar-refractivity contribution in [2.45, 2.75) is 32.9 Å². The molecule has 4 heteroatoms. The van der Waals surface area contributed by atoms with Gasteiger partial charge in [-0.2, -0.15) is 0 Å². The molecular formula is C17H28N2O2. The molecule has 0 saturated carbocycles. The Bertz CT molecular complexity index is 450. The maximum absolute atomic E-state index is 10.1. The molecule has 0 bridgehead atoms. The van der Waals surface area contributed by atoms with Gasteiger partial charge in [-0.1, -0.05) is 19.1 Å². The van der Waals surface area contributed by atoms with E-state index in [1.165, 1.54) is 16.8 Å². The highest BCUT2D eigenvalue weighted by Crippen LogP contribution is 2.26. The Kier molecular flexibility index (Phi) is 6.03. The van der Waals surface area contributed by atoms with Crippen molar-refractivity contribution in [1.29, 1.82) is 0 Å². The van der Waals surface area contributed by atoms with E-state index in [4.69, 9.17) is 4.74 Å². The van der Waals surface area contributed by atoms with Crippen LogP contribution in [0.25, 0.3) is 0 Å². The summed E-state index contributed by atoms with van der Waals surface area (Å²) in [7, 11) is 1.72. The van der Waals surface area contributed by atoms with Gasteiger partial charge in [-0.25, -0.2) is 0 Å². The van der Waals surface area contributed by atoms with Crippen LogP contribution in [0.15, 0.2) is 18.2 Å². The Morgan fingerprint density at radius 2 is 2.24 bits per heavy atom. The lowest BCUT2D eigenvalue weighted by molar-refractivity contribution is 0.103. The molecule has 1 aromatic rings. The quantitative estimate of drug-likeness (QED) is 0.787. The van der Waals surface area contributed by atoms with Crippen LogP contribution in [0.2, 0.25) is 0 Å². The van der Waals surface area contributed by atoms with Crippen LogP contribution in [0.1, 0.15) is 24.5 Å². The van der Waals surface area contributed by atoms with Crippen LogP contribution < -0.4 is 10.2 Å². The summed E-state index contributed by atoms with van der Waals surface area (Å²) in [5, 5.41) is 13.4. The van der Waals surface area contributed by atoms with Crippen LogP contribution in [0.5, 0.6) is 0 Å². The molecule has 1 fully saturated rings. The zero-order valence-electron chi connectivity index (χ0n) is 13.4. The van der Waals surface area contributed by atoms with E-state index in [9.17, 15) is 5.11 Å². The third kappa shape index (κ3) is 4.43. The number of rotatable bonds is 6. The fraction of sp³-hybridized carbons (Fsp3) is 0.647. The molecule has 0 aromatic heterocycles. The van der Waals surface area contributed by atoms with E-state index < -0.39 is 0 Å². The van der Waals surface area contributed by atoms with Gasteiger partial charge >= 0.3 is 0 Å². The monoisotopic (exact) mass is 292 g/mol. The van der Waals surface area contributed by atoms with Gasteiger partial charge < -0.3 is 20.1 Å². The summed E-state index contributed by atoms with van der Waals surface area (Å²) in [6, 6.07) is 6.59. The van der Waals surface area contributed by atoms with Crippen molar-refractivity contribution in [3.63, 3.8) is 0 Å². The normalized spacial score (nSPS) is 22.6. The zero-order valence-corrected chi connectivity index (χ0v) is 13.4. The highest BCUT2D eigenvalue weighted by atomic mass is 16.5. The third-order valence-corrected chi connectivity index (χ3v) is 4.33. The van der Waals surface area contributed by atoms with Gasteiger partial charge in [0.15, 0.2) is 0 Å². The molecule has 2 unspecified atom stereocenters. The minimum absolute atomic E-state index is 0.214. The van der Waals surface area contributed by atoms with Gasteiger partial charge in [0, 0.05) is 39.0 Å². The van der Waals surface area contributed by atoms with Crippen molar-refractivity contribution in [2.75, 3.05) is 38.3 Å². The van der Waals surface area contributed by atoms with Crippen molar-refractivity contribution in [1.82, 2.24) is 5.32 Å². The Labute approximate surface area is 128 Å². The average Bonchev–Trinajstić information content (AvgIpc) is 2.47. The molecule has 0 amide bonds. The largest absolute Gasteiger partial charge is 0.391 e. The van der Waals surface area contributed by atoms with Crippen LogP contribution in [0.3, 0.4) is 0 Å². The van der Waals surface area contributed by atoms with E-state index in [0.717, 1.165) is 39.2 Å². The molecule has 0 spiro atoms. The summed E-state index contributed by atoms with van der Waals surface area (Å²) in [5.41, 5.74) is 3.82. The van der Waals surface area contributed by atoms with Crippen molar-refractivity contribution < 1.29 is 9.84 Å². The van der Waals surface area contributed by atoms with E-state index in [-0.39, 0.29) is 6.10 Å². The minimum atomic E-state index is -0.214. The van der Waals surface area contributed by atoms with Gasteiger partial charge in [0.05, 0.1) is 12.7 Å². The number of anilines is 1. The van der Waals surface area contributed by atoms with Gasteiger partial charge in [0.1, 0.15) is 0 Å². The highest BCUT2D eigenvalue weighted by Gasteiger charge is 2.25. The Hall–Kier alpha value is -1.10. The SMILES string of the molecule is COCCNCc1ccc(N2CCC(C)C(O)C2)c(C)c1. The second kappa shape index (κ2) is 7.78. The summed E-state index contributed by atoms with van der Waals surface area (Å²) in [5.74, 6) is 0.408. The average molecular weight is 292 g/mol. The number of aliphatic hydroxyl groups excluding tert-OH is 1. The molecule has 1 aliphatic rings. The van der Waals surface area contributed by atoms with Crippen molar-refractivity contribution >= 4 is 5.69 Å². The third-order valence-electron chi connectivity index (χ3n) is 4.33. The number of β-amino-alcohol motifs (C(OH)–C–C–N with tert-alkyl or cyclic N) is 1. The predicted molar refractivity (Wildman–Crippen MR) is 86.8 cm³/mol. The number of hydrogen-bond donors (Lipinski definition) is 2. The summed E-state index contributed by atoms with van der Waals surface area (Å²) in [6.45, 7) is 8.53.